The van der Waals surface area contributed by atoms with Crippen molar-refractivity contribution < 1.29 is 9.90 Å². The van der Waals surface area contributed by atoms with E-state index in [4.69, 9.17) is 5.11 Å². The van der Waals surface area contributed by atoms with E-state index in [2.05, 4.69) is 18.3 Å². The minimum absolute atomic E-state index is 0.155. The standard InChI is InChI=1S/C13H17NO2/c1-9-4-2-6-11-10(8-12(15)16)5-3-7-14-13(9)11/h2,4,6,10,14H,3,5,7-8H2,1H3,(H,15,16). The summed E-state index contributed by atoms with van der Waals surface area (Å²) in [7, 11) is 0. The SMILES string of the molecule is Cc1cccc2c1NCCCC2CC(=O)O. The van der Waals surface area contributed by atoms with Gasteiger partial charge in [0.25, 0.3) is 0 Å². The van der Waals surface area contributed by atoms with Crippen LogP contribution >= 0.6 is 0 Å². The first kappa shape index (κ1) is 11.0. The van der Waals surface area contributed by atoms with Crippen LogP contribution in [-0.2, 0) is 4.79 Å². The third kappa shape index (κ3) is 2.18. The van der Waals surface area contributed by atoms with Gasteiger partial charge in [0, 0.05) is 12.2 Å². The maximum atomic E-state index is 10.9. The maximum absolute atomic E-state index is 10.9. The number of benzene rings is 1. The Morgan fingerprint density at radius 1 is 1.56 bits per heavy atom. The van der Waals surface area contributed by atoms with Crippen LogP contribution in [0.1, 0.15) is 36.3 Å². The second kappa shape index (κ2) is 4.56. The maximum Gasteiger partial charge on any atom is 0.303 e. The van der Waals surface area contributed by atoms with Gasteiger partial charge in [0.1, 0.15) is 0 Å². The summed E-state index contributed by atoms with van der Waals surface area (Å²) < 4.78 is 0. The minimum Gasteiger partial charge on any atom is -0.481 e. The number of carboxylic acid groups (broad SMARTS) is 1. The van der Waals surface area contributed by atoms with Crippen LogP contribution in [0.4, 0.5) is 5.69 Å². The van der Waals surface area contributed by atoms with Gasteiger partial charge in [-0.1, -0.05) is 18.2 Å². The monoisotopic (exact) mass is 219 g/mol. The normalized spacial score (nSPS) is 19.4. The highest BCUT2D eigenvalue weighted by Crippen LogP contribution is 2.35. The van der Waals surface area contributed by atoms with Crippen molar-refractivity contribution in [3.63, 3.8) is 0 Å². The summed E-state index contributed by atoms with van der Waals surface area (Å²) in [6, 6.07) is 6.12. The highest BCUT2D eigenvalue weighted by Gasteiger charge is 2.21. The van der Waals surface area contributed by atoms with E-state index in [1.807, 2.05) is 12.1 Å². The highest BCUT2D eigenvalue weighted by atomic mass is 16.4. The fourth-order valence-electron chi connectivity index (χ4n) is 2.41. The van der Waals surface area contributed by atoms with Crippen LogP contribution in [0.3, 0.4) is 0 Å². The van der Waals surface area contributed by atoms with Gasteiger partial charge in [0.05, 0.1) is 6.42 Å². The Kier molecular flexibility index (Phi) is 3.13. The molecule has 1 aliphatic heterocycles. The smallest absolute Gasteiger partial charge is 0.303 e. The van der Waals surface area contributed by atoms with E-state index in [1.54, 1.807) is 0 Å². The quantitative estimate of drug-likeness (QED) is 0.804. The molecule has 0 fully saturated rings. The molecule has 0 spiro atoms. The Morgan fingerprint density at radius 3 is 3.12 bits per heavy atom. The van der Waals surface area contributed by atoms with Crippen molar-refractivity contribution >= 4 is 11.7 Å². The van der Waals surface area contributed by atoms with Crippen molar-refractivity contribution in [1.29, 1.82) is 0 Å². The van der Waals surface area contributed by atoms with Gasteiger partial charge >= 0.3 is 5.97 Å². The molecule has 16 heavy (non-hydrogen) atoms. The predicted octanol–water partition coefficient (Wildman–Crippen LogP) is 2.76. The molecule has 0 radical (unpaired) electrons. The summed E-state index contributed by atoms with van der Waals surface area (Å²) in [4.78, 5) is 10.9. The fraction of sp³-hybridized carbons (Fsp3) is 0.462. The number of anilines is 1. The van der Waals surface area contributed by atoms with Gasteiger partial charge in [-0.2, -0.15) is 0 Å². The first-order valence-electron chi connectivity index (χ1n) is 5.73. The molecule has 2 N–H and O–H groups in total. The lowest BCUT2D eigenvalue weighted by Gasteiger charge is -2.16. The van der Waals surface area contributed by atoms with Crippen molar-refractivity contribution in [3.05, 3.63) is 29.3 Å². The summed E-state index contributed by atoms with van der Waals surface area (Å²) in [5.41, 5.74) is 3.51. The van der Waals surface area contributed by atoms with Gasteiger partial charge in [-0.25, -0.2) is 0 Å². The van der Waals surface area contributed by atoms with Crippen LogP contribution in [0.2, 0.25) is 0 Å². The van der Waals surface area contributed by atoms with Gasteiger partial charge in [-0.15, -0.1) is 0 Å². The van der Waals surface area contributed by atoms with E-state index in [0.717, 1.165) is 25.1 Å². The van der Waals surface area contributed by atoms with E-state index >= 15 is 0 Å². The number of carbonyl (C=O) groups is 1. The zero-order valence-corrected chi connectivity index (χ0v) is 9.49. The number of nitrogens with one attached hydrogen (secondary N) is 1. The van der Waals surface area contributed by atoms with Gasteiger partial charge in [0.15, 0.2) is 0 Å². The molecule has 1 aliphatic rings. The van der Waals surface area contributed by atoms with E-state index < -0.39 is 5.97 Å². The Labute approximate surface area is 95.5 Å². The summed E-state index contributed by atoms with van der Waals surface area (Å²) in [5.74, 6) is -0.554. The van der Waals surface area contributed by atoms with Crippen molar-refractivity contribution in [1.82, 2.24) is 0 Å². The van der Waals surface area contributed by atoms with Crippen molar-refractivity contribution in [2.45, 2.75) is 32.1 Å². The molecule has 1 unspecified atom stereocenters. The fourth-order valence-corrected chi connectivity index (χ4v) is 2.41. The number of fused-ring (bicyclic) bond motifs is 1. The molecule has 0 aliphatic carbocycles. The van der Waals surface area contributed by atoms with Crippen LogP contribution in [-0.4, -0.2) is 17.6 Å². The number of para-hydroxylation sites is 1. The minimum atomic E-state index is -0.709. The van der Waals surface area contributed by atoms with Crippen LogP contribution in [0.25, 0.3) is 0 Å². The Morgan fingerprint density at radius 2 is 2.38 bits per heavy atom. The summed E-state index contributed by atoms with van der Waals surface area (Å²) in [6.45, 7) is 3.00. The first-order valence-corrected chi connectivity index (χ1v) is 5.73. The molecule has 0 amide bonds. The molecule has 0 bridgehead atoms. The number of hydrogen-bond donors (Lipinski definition) is 2. The molecule has 0 aromatic heterocycles. The van der Waals surface area contributed by atoms with Crippen LogP contribution in [0.5, 0.6) is 0 Å². The Hall–Kier alpha value is -1.51. The van der Waals surface area contributed by atoms with Gasteiger partial charge in [-0.05, 0) is 36.8 Å². The Balaban J connectivity index is 2.36. The molecule has 1 heterocycles. The van der Waals surface area contributed by atoms with Crippen molar-refractivity contribution in [2.24, 2.45) is 0 Å². The molecule has 2 rings (SSSR count). The van der Waals surface area contributed by atoms with Gasteiger partial charge in [0.2, 0.25) is 0 Å². The average molecular weight is 219 g/mol. The van der Waals surface area contributed by atoms with E-state index in [9.17, 15) is 4.79 Å². The van der Waals surface area contributed by atoms with Crippen LogP contribution < -0.4 is 5.32 Å². The molecule has 1 aromatic rings. The van der Waals surface area contributed by atoms with E-state index in [-0.39, 0.29) is 12.3 Å². The molecular weight excluding hydrogens is 202 g/mol. The third-order valence-corrected chi connectivity index (χ3v) is 3.20. The zero-order chi connectivity index (χ0) is 11.5. The lowest BCUT2D eigenvalue weighted by Crippen LogP contribution is -2.06. The summed E-state index contributed by atoms with van der Waals surface area (Å²) in [6.07, 6.45) is 2.22. The first-order chi connectivity index (χ1) is 7.68. The molecule has 1 aromatic carbocycles. The molecule has 3 heteroatoms. The molecule has 0 saturated heterocycles. The van der Waals surface area contributed by atoms with Crippen molar-refractivity contribution in [3.8, 4) is 0 Å². The number of aryl methyl sites for hydroxylation is 1. The molecule has 86 valence electrons. The lowest BCUT2D eigenvalue weighted by molar-refractivity contribution is -0.137. The van der Waals surface area contributed by atoms with Crippen molar-refractivity contribution in [2.75, 3.05) is 11.9 Å². The lowest BCUT2D eigenvalue weighted by atomic mass is 9.90. The topological polar surface area (TPSA) is 49.3 Å². The second-order valence-corrected chi connectivity index (χ2v) is 4.40. The predicted molar refractivity (Wildman–Crippen MR) is 63.9 cm³/mol. The van der Waals surface area contributed by atoms with Crippen LogP contribution in [0.15, 0.2) is 18.2 Å². The summed E-state index contributed by atoms with van der Waals surface area (Å²) >= 11 is 0. The number of hydrogen-bond acceptors (Lipinski definition) is 2. The second-order valence-electron chi connectivity index (χ2n) is 4.40. The summed E-state index contributed by atoms with van der Waals surface area (Å²) in [5, 5.41) is 12.3. The number of aliphatic carboxylic acids is 1. The Bertz CT molecular complexity index is 401. The molecule has 3 nitrogen and oxygen atoms in total. The largest absolute Gasteiger partial charge is 0.481 e. The average Bonchev–Trinajstić information content (AvgIpc) is 2.42. The zero-order valence-electron chi connectivity index (χ0n) is 9.49. The third-order valence-electron chi connectivity index (χ3n) is 3.20. The van der Waals surface area contributed by atoms with Gasteiger partial charge < -0.3 is 10.4 Å². The van der Waals surface area contributed by atoms with Crippen LogP contribution in [0, 0.1) is 6.92 Å². The van der Waals surface area contributed by atoms with E-state index in [1.165, 1.54) is 11.1 Å². The number of rotatable bonds is 2. The van der Waals surface area contributed by atoms with E-state index in [0.29, 0.717) is 0 Å². The molecule has 1 atom stereocenters. The molecule has 0 saturated carbocycles. The van der Waals surface area contributed by atoms with Gasteiger partial charge in [-0.3, -0.25) is 4.79 Å². The number of carboxylic acids is 1. The molecular formula is C13H17NO2. The highest BCUT2D eigenvalue weighted by molar-refractivity contribution is 5.69.